The number of halogens is 2. The number of unbranched alkanes of at least 4 members (excludes halogenated alkanes) is 1. The molecule has 3 rings (SSSR count). The minimum absolute atomic E-state index is 0.131. The molecule has 3 aromatic carbocycles. The van der Waals surface area contributed by atoms with Crippen LogP contribution in [0.5, 0.6) is 0 Å². The van der Waals surface area contributed by atoms with Crippen LogP contribution < -0.4 is 4.90 Å². The largest absolute Gasteiger partial charge is 0.462 e. The first kappa shape index (κ1) is 23.1. The molecule has 0 unspecified atom stereocenters. The van der Waals surface area contributed by atoms with Crippen LogP contribution in [-0.4, -0.2) is 26.7 Å². The minimum atomic E-state index is -0.991. The van der Waals surface area contributed by atoms with E-state index in [1.165, 1.54) is 0 Å². The molecule has 0 fully saturated rings. The van der Waals surface area contributed by atoms with Crippen LogP contribution in [0.4, 0.5) is 25.8 Å². The molecule has 0 N–H and O–H groups in total. The summed E-state index contributed by atoms with van der Waals surface area (Å²) < 4.78 is 33.8. The van der Waals surface area contributed by atoms with E-state index in [0.717, 1.165) is 24.2 Å². The molecule has 0 aromatic heterocycles. The molecule has 0 atom stereocenters. The smallest absolute Gasteiger partial charge is 0.344 e. The molecule has 0 radical (unpaired) electrons. The molecule has 0 saturated carbocycles. The summed E-state index contributed by atoms with van der Waals surface area (Å²) in [4.78, 5) is 14.0. The molecule has 5 nitrogen and oxygen atoms in total. The number of hydrogen-bond acceptors (Lipinski definition) is 5. The van der Waals surface area contributed by atoms with Crippen molar-refractivity contribution in [2.75, 3.05) is 25.6 Å². The normalized spacial score (nSPS) is 11.0. The summed E-state index contributed by atoms with van der Waals surface area (Å²) in [6.07, 6.45) is 1.45. The number of esters is 1. The number of carbonyl (C=O) groups excluding carboxylic acids is 1. The monoisotopic (exact) mass is 437 g/mol. The van der Waals surface area contributed by atoms with Gasteiger partial charge in [-0.1, -0.05) is 25.5 Å². The summed E-state index contributed by atoms with van der Waals surface area (Å²) in [6.45, 7) is 2.06. The maximum atomic E-state index is 14.4. The van der Waals surface area contributed by atoms with Crippen molar-refractivity contribution >= 4 is 23.0 Å². The number of anilines is 1. The van der Waals surface area contributed by atoms with Crippen LogP contribution in [0.1, 0.15) is 30.1 Å². The highest BCUT2D eigenvalue weighted by molar-refractivity contribution is 5.90. The second-order valence-electron chi connectivity index (χ2n) is 7.46. The van der Waals surface area contributed by atoms with Crippen molar-refractivity contribution in [1.82, 2.24) is 0 Å². The quantitative estimate of drug-likeness (QED) is 0.215. The van der Waals surface area contributed by atoms with Crippen molar-refractivity contribution in [2.45, 2.75) is 19.8 Å². The number of hydrogen-bond donors (Lipinski definition) is 0. The highest BCUT2D eigenvalue weighted by Gasteiger charge is 2.20. The molecular formula is C25H25F2N3O2. The lowest BCUT2D eigenvalue weighted by Crippen LogP contribution is -2.11. The van der Waals surface area contributed by atoms with Gasteiger partial charge < -0.3 is 9.64 Å². The molecule has 0 heterocycles. The molecule has 166 valence electrons. The Morgan fingerprint density at radius 2 is 1.41 bits per heavy atom. The van der Waals surface area contributed by atoms with Crippen LogP contribution in [-0.2, 0) is 4.74 Å². The van der Waals surface area contributed by atoms with Gasteiger partial charge in [-0.3, -0.25) is 0 Å². The van der Waals surface area contributed by atoms with Crippen molar-refractivity contribution in [2.24, 2.45) is 10.2 Å². The van der Waals surface area contributed by atoms with Crippen molar-refractivity contribution in [1.29, 1.82) is 0 Å². The Bertz CT molecular complexity index is 1070. The number of benzene rings is 3. The molecular weight excluding hydrogens is 412 g/mol. The van der Waals surface area contributed by atoms with Crippen LogP contribution in [0.15, 0.2) is 70.9 Å². The summed E-state index contributed by atoms with van der Waals surface area (Å²) in [5.41, 5.74) is 2.60. The third kappa shape index (κ3) is 5.75. The fourth-order valence-corrected chi connectivity index (χ4v) is 2.97. The summed E-state index contributed by atoms with van der Waals surface area (Å²) in [5, 5.41) is 8.40. The van der Waals surface area contributed by atoms with Crippen molar-refractivity contribution in [3.05, 3.63) is 77.9 Å². The van der Waals surface area contributed by atoms with Gasteiger partial charge in [0.2, 0.25) is 0 Å². The van der Waals surface area contributed by atoms with E-state index in [9.17, 15) is 13.6 Å². The molecule has 0 saturated heterocycles. The summed E-state index contributed by atoms with van der Waals surface area (Å²) in [5.74, 6) is -2.90. The van der Waals surface area contributed by atoms with Crippen LogP contribution in [0, 0.1) is 11.6 Å². The molecule has 0 spiro atoms. The summed E-state index contributed by atoms with van der Waals surface area (Å²) in [6, 6.07) is 16.7. The molecule has 0 aliphatic carbocycles. The third-order valence-electron chi connectivity index (χ3n) is 4.82. The molecule has 0 aliphatic rings. The fourth-order valence-electron chi connectivity index (χ4n) is 2.97. The van der Waals surface area contributed by atoms with Crippen LogP contribution in [0.3, 0.4) is 0 Å². The molecule has 0 bridgehead atoms. The second kappa shape index (κ2) is 10.6. The van der Waals surface area contributed by atoms with Gasteiger partial charge in [-0.05, 0) is 66.1 Å². The Labute approximate surface area is 186 Å². The average Bonchev–Trinajstić information content (AvgIpc) is 2.78. The number of carbonyl (C=O) groups is 1. The lowest BCUT2D eigenvalue weighted by atomic mass is 10.0. The molecule has 0 amide bonds. The second-order valence-corrected chi connectivity index (χ2v) is 7.46. The zero-order chi connectivity index (χ0) is 23.1. The highest BCUT2D eigenvalue weighted by Crippen LogP contribution is 2.28. The Kier molecular flexibility index (Phi) is 7.65. The van der Waals surface area contributed by atoms with Gasteiger partial charge in [-0.15, -0.1) is 0 Å². The topological polar surface area (TPSA) is 54.3 Å². The zero-order valence-electron chi connectivity index (χ0n) is 18.3. The Morgan fingerprint density at radius 1 is 0.875 bits per heavy atom. The minimum Gasteiger partial charge on any atom is -0.462 e. The first-order valence-corrected chi connectivity index (χ1v) is 10.3. The molecule has 32 heavy (non-hydrogen) atoms. The summed E-state index contributed by atoms with van der Waals surface area (Å²) in [7, 11) is 3.92. The lowest BCUT2D eigenvalue weighted by Gasteiger charge is -2.11. The van der Waals surface area contributed by atoms with Gasteiger partial charge in [0.15, 0.2) is 0 Å². The Balaban J connectivity index is 1.73. The number of rotatable bonds is 8. The third-order valence-corrected chi connectivity index (χ3v) is 4.82. The lowest BCUT2D eigenvalue weighted by molar-refractivity contribution is 0.0488. The molecule has 3 aromatic rings. The van der Waals surface area contributed by atoms with E-state index >= 15 is 0 Å². The molecule has 7 heteroatoms. The van der Waals surface area contributed by atoms with E-state index < -0.39 is 23.2 Å². The van der Waals surface area contributed by atoms with E-state index in [0.29, 0.717) is 28.9 Å². The number of ether oxygens (including phenoxy) is 1. The average molecular weight is 437 g/mol. The van der Waals surface area contributed by atoms with Crippen LogP contribution >= 0.6 is 0 Å². The summed E-state index contributed by atoms with van der Waals surface area (Å²) >= 11 is 0. The van der Waals surface area contributed by atoms with Gasteiger partial charge in [0.1, 0.15) is 17.2 Å². The van der Waals surface area contributed by atoms with Gasteiger partial charge in [0.25, 0.3) is 0 Å². The number of azo groups is 1. The van der Waals surface area contributed by atoms with E-state index in [2.05, 4.69) is 10.2 Å². The molecule has 0 aliphatic heterocycles. The van der Waals surface area contributed by atoms with Gasteiger partial charge in [0, 0.05) is 19.8 Å². The predicted molar refractivity (Wildman–Crippen MR) is 122 cm³/mol. The van der Waals surface area contributed by atoms with E-state index in [4.69, 9.17) is 4.74 Å². The fraction of sp³-hybridized carbons (Fsp3) is 0.240. The Morgan fingerprint density at radius 3 is 1.91 bits per heavy atom. The van der Waals surface area contributed by atoms with Gasteiger partial charge >= 0.3 is 5.97 Å². The van der Waals surface area contributed by atoms with E-state index in [1.54, 1.807) is 24.3 Å². The maximum Gasteiger partial charge on any atom is 0.344 e. The van der Waals surface area contributed by atoms with Crippen molar-refractivity contribution in [3.8, 4) is 11.1 Å². The van der Waals surface area contributed by atoms with E-state index in [1.807, 2.05) is 50.2 Å². The predicted octanol–water partition coefficient (Wildman–Crippen LogP) is 7.07. The van der Waals surface area contributed by atoms with Gasteiger partial charge in [-0.25, -0.2) is 13.6 Å². The van der Waals surface area contributed by atoms with Gasteiger partial charge in [0.05, 0.1) is 18.0 Å². The van der Waals surface area contributed by atoms with Crippen LogP contribution in [0.2, 0.25) is 0 Å². The number of nitrogens with zero attached hydrogens (tertiary/aromatic N) is 3. The van der Waals surface area contributed by atoms with Crippen LogP contribution in [0.25, 0.3) is 11.1 Å². The van der Waals surface area contributed by atoms with Gasteiger partial charge in [-0.2, -0.15) is 10.2 Å². The van der Waals surface area contributed by atoms with Crippen molar-refractivity contribution in [3.63, 3.8) is 0 Å². The first-order valence-electron chi connectivity index (χ1n) is 10.3. The van der Waals surface area contributed by atoms with E-state index in [-0.39, 0.29) is 6.61 Å². The first-order chi connectivity index (χ1) is 15.4. The highest BCUT2D eigenvalue weighted by atomic mass is 19.1. The van der Waals surface area contributed by atoms with Crippen molar-refractivity contribution < 1.29 is 18.3 Å². The zero-order valence-corrected chi connectivity index (χ0v) is 18.3. The standard InChI is InChI=1S/C25H25F2N3O2/c1-4-5-14-32-25(31)24-22(26)15-18(16-23(24)27)17-6-8-19(9-7-17)28-29-20-10-12-21(13-11-20)30(2)3/h6-13,15-16H,4-5,14H2,1-3H3. The maximum absolute atomic E-state index is 14.4. The SMILES string of the molecule is CCCCOC(=O)c1c(F)cc(-c2ccc(N=Nc3ccc(N(C)C)cc3)cc2)cc1F. The Hall–Kier alpha value is -3.61.